The molecule has 1 aliphatic heterocycles. The van der Waals surface area contributed by atoms with Crippen molar-refractivity contribution in [2.24, 2.45) is 5.41 Å². The molecule has 10 heteroatoms. The first kappa shape index (κ1) is 19.6. The van der Waals surface area contributed by atoms with Crippen LogP contribution < -0.4 is 5.56 Å². The Morgan fingerprint density at radius 1 is 1.38 bits per heavy atom. The van der Waals surface area contributed by atoms with E-state index in [1.807, 2.05) is 0 Å². The molecule has 1 saturated heterocycles. The highest BCUT2D eigenvalue weighted by Crippen LogP contribution is 2.54. The smallest absolute Gasteiger partial charge is 0.408 e. The van der Waals surface area contributed by atoms with Gasteiger partial charge < -0.3 is 14.5 Å². The van der Waals surface area contributed by atoms with Crippen LogP contribution in [0.3, 0.4) is 0 Å². The molecule has 7 nitrogen and oxygen atoms in total. The fourth-order valence-electron chi connectivity index (χ4n) is 4.18. The Balaban J connectivity index is 2.09. The number of hydrogen-bond acceptors (Lipinski definition) is 4. The second kappa shape index (κ2) is 5.91. The van der Waals surface area contributed by atoms with Crippen LogP contribution in [-0.2, 0) is 5.54 Å². The molecule has 0 radical (unpaired) electrons. The molecule has 3 heterocycles. The first-order valence-electron chi connectivity index (χ1n) is 8.87. The molecule has 0 saturated carbocycles. The maximum atomic E-state index is 14.5. The maximum absolute atomic E-state index is 14.5. The predicted octanol–water partition coefficient (Wildman–Crippen LogP) is 4.58. The van der Waals surface area contributed by atoms with E-state index in [-0.39, 0.29) is 16.9 Å². The summed E-state index contributed by atoms with van der Waals surface area (Å²) in [5.74, 6) is -3.43. The molecule has 0 spiro atoms. The van der Waals surface area contributed by atoms with Gasteiger partial charge in [0.25, 0.3) is 11.5 Å². The van der Waals surface area contributed by atoms with Gasteiger partial charge in [-0.15, -0.1) is 0 Å². The second-order valence-electron chi connectivity index (χ2n) is 8.35. The SMILES string of the molecule is CC(C)(C)[C@@]1(c2nc3c(oc4ccc(Cl)cc43)c(=O)[nH]2)CC(F)(F)CN1C(=O)O. The van der Waals surface area contributed by atoms with Gasteiger partial charge in [0, 0.05) is 16.8 Å². The minimum absolute atomic E-state index is 0.0818. The predicted molar refractivity (Wildman–Crippen MR) is 103 cm³/mol. The van der Waals surface area contributed by atoms with Crippen LogP contribution in [0.2, 0.25) is 5.02 Å². The minimum Gasteiger partial charge on any atom is -0.465 e. The van der Waals surface area contributed by atoms with E-state index in [4.69, 9.17) is 16.0 Å². The number of aromatic amines is 1. The molecule has 1 aliphatic rings. The standard InChI is InChI=1S/C19H18ClF2N3O4/c1-17(2,3)19(7-18(21,22)8-25(19)16(27)28)15-23-12-10-6-9(20)4-5-11(10)29-13(12)14(26)24-15/h4-6H,7-8H2,1-3H3,(H,27,28)(H,23,24,26)/t19-/m0/s1. The number of likely N-dealkylation sites (tertiary alicyclic amines) is 1. The van der Waals surface area contributed by atoms with E-state index in [2.05, 4.69) is 9.97 Å². The summed E-state index contributed by atoms with van der Waals surface area (Å²) in [5, 5.41) is 10.5. The summed E-state index contributed by atoms with van der Waals surface area (Å²) in [5.41, 5.74) is -3.02. The fourth-order valence-corrected chi connectivity index (χ4v) is 4.35. The highest BCUT2D eigenvalue weighted by atomic mass is 35.5. The molecule has 0 aliphatic carbocycles. The van der Waals surface area contributed by atoms with Crippen molar-refractivity contribution in [1.82, 2.24) is 14.9 Å². The van der Waals surface area contributed by atoms with E-state index in [0.717, 1.165) is 0 Å². The summed E-state index contributed by atoms with van der Waals surface area (Å²) in [4.78, 5) is 32.3. The monoisotopic (exact) mass is 425 g/mol. The van der Waals surface area contributed by atoms with Gasteiger partial charge in [-0.2, -0.15) is 0 Å². The molecule has 1 atom stereocenters. The Morgan fingerprint density at radius 2 is 2.07 bits per heavy atom. The lowest BCUT2D eigenvalue weighted by molar-refractivity contribution is 0.000543. The van der Waals surface area contributed by atoms with Gasteiger partial charge in [0.1, 0.15) is 22.5 Å². The molecule has 1 amide bonds. The third kappa shape index (κ3) is 2.78. The van der Waals surface area contributed by atoms with Crippen LogP contribution >= 0.6 is 11.6 Å². The van der Waals surface area contributed by atoms with E-state index >= 15 is 0 Å². The number of alkyl halides is 2. The van der Waals surface area contributed by atoms with Crippen molar-refractivity contribution in [3.63, 3.8) is 0 Å². The van der Waals surface area contributed by atoms with Crippen LogP contribution in [0.1, 0.15) is 33.0 Å². The van der Waals surface area contributed by atoms with Gasteiger partial charge in [0.2, 0.25) is 5.58 Å². The molecule has 0 bridgehead atoms. The molecule has 1 aromatic carbocycles. The Bertz CT molecular complexity index is 1210. The summed E-state index contributed by atoms with van der Waals surface area (Å²) in [7, 11) is 0. The molecule has 1 fully saturated rings. The average Bonchev–Trinajstić information content (AvgIpc) is 3.10. The van der Waals surface area contributed by atoms with E-state index in [0.29, 0.717) is 20.9 Å². The number of aromatic nitrogens is 2. The number of halogens is 3. The number of amides is 1. The second-order valence-corrected chi connectivity index (χ2v) is 8.78. The molecule has 2 aromatic heterocycles. The Labute approximate surface area is 168 Å². The van der Waals surface area contributed by atoms with E-state index in [1.165, 1.54) is 0 Å². The molecule has 3 aromatic rings. The minimum atomic E-state index is -3.28. The number of H-pyrrole nitrogens is 1. The maximum Gasteiger partial charge on any atom is 0.408 e. The molecule has 4 rings (SSSR count). The van der Waals surface area contributed by atoms with Crippen LogP contribution in [0, 0.1) is 5.41 Å². The van der Waals surface area contributed by atoms with Crippen molar-refractivity contribution in [3.05, 3.63) is 39.4 Å². The van der Waals surface area contributed by atoms with Gasteiger partial charge in [-0.05, 0) is 23.6 Å². The third-order valence-electron chi connectivity index (χ3n) is 5.51. The van der Waals surface area contributed by atoms with E-state index in [1.54, 1.807) is 39.0 Å². The van der Waals surface area contributed by atoms with Crippen molar-refractivity contribution < 1.29 is 23.1 Å². The molecule has 154 valence electrons. The zero-order chi connectivity index (χ0) is 21.4. The van der Waals surface area contributed by atoms with Crippen molar-refractivity contribution in [2.45, 2.75) is 38.7 Å². The molecular formula is C19H18ClF2N3O4. The normalized spacial score (nSPS) is 21.9. The highest BCUT2D eigenvalue weighted by Gasteiger charge is 2.64. The number of rotatable bonds is 1. The van der Waals surface area contributed by atoms with Crippen molar-refractivity contribution in [2.75, 3.05) is 6.54 Å². The van der Waals surface area contributed by atoms with Crippen LogP contribution in [0.25, 0.3) is 22.1 Å². The van der Waals surface area contributed by atoms with Crippen LogP contribution in [0.5, 0.6) is 0 Å². The average molecular weight is 426 g/mol. The number of nitrogens with one attached hydrogen (secondary N) is 1. The highest BCUT2D eigenvalue weighted by molar-refractivity contribution is 6.31. The van der Waals surface area contributed by atoms with Gasteiger partial charge in [-0.3, -0.25) is 9.69 Å². The van der Waals surface area contributed by atoms with Crippen LogP contribution in [0.4, 0.5) is 13.6 Å². The van der Waals surface area contributed by atoms with Crippen molar-refractivity contribution in [3.8, 4) is 0 Å². The Kier molecular flexibility index (Phi) is 4.00. The number of carbonyl (C=O) groups is 1. The lowest BCUT2D eigenvalue weighted by Crippen LogP contribution is -2.54. The Morgan fingerprint density at radius 3 is 2.69 bits per heavy atom. The first-order chi connectivity index (χ1) is 13.4. The first-order valence-corrected chi connectivity index (χ1v) is 9.24. The zero-order valence-electron chi connectivity index (χ0n) is 15.8. The topological polar surface area (TPSA) is 99.4 Å². The summed E-state index contributed by atoms with van der Waals surface area (Å²) in [6.07, 6.45) is -2.32. The fraction of sp³-hybridized carbons (Fsp3) is 0.421. The number of hydrogen-bond donors (Lipinski definition) is 2. The lowest BCUT2D eigenvalue weighted by Gasteiger charge is -2.45. The largest absolute Gasteiger partial charge is 0.465 e. The lowest BCUT2D eigenvalue weighted by atomic mass is 9.70. The number of fused-ring (bicyclic) bond motifs is 3. The zero-order valence-corrected chi connectivity index (χ0v) is 16.6. The molecule has 0 unspecified atom stereocenters. The summed E-state index contributed by atoms with van der Waals surface area (Å²) in [6, 6.07) is 4.72. The third-order valence-corrected chi connectivity index (χ3v) is 5.75. The number of carboxylic acid groups (broad SMARTS) is 1. The van der Waals surface area contributed by atoms with Gasteiger partial charge in [-0.25, -0.2) is 18.6 Å². The van der Waals surface area contributed by atoms with Gasteiger partial charge in [0.15, 0.2) is 0 Å². The van der Waals surface area contributed by atoms with Gasteiger partial charge >= 0.3 is 6.09 Å². The van der Waals surface area contributed by atoms with E-state index < -0.39 is 41.5 Å². The summed E-state index contributed by atoms with van der Waals surface area (Å²) in [6.45, 7) is 3.93. The van der Waals surface area contributed by atoms with Crippen LogP contribution in [-0.4, -0.2) is 38.5 Å². The molecule has 2 N–H and O–H groups in total. The van der Waals surface area contributed by atoms with Crippen molar-refractivity contribution in [1.29, 1.82) is 0 Å². The van der Waals surface area contributed by atoms with Gasteiger partial charge in [-0.1, -0.05) is 32.4 Å². The van der Waals surface area contributed by atoms with Crippen molar-refractivity contribution >= 4 is 39.8 Å². The number of nitrogens with zero attached hydrogens (tertiary/aromatic N) is 2. The molecule has 29 heavy (non-hydrogen) atoms. The van der Waals surface area contributed by atoms with Gasteiger partial charge in [0.05, 0.1) is 6.54 Å². The van der Waals surface area contributed by atoms with Crippen LogP contribution in [0.15, 0.2) is 27.4 Å². The Hall–Kier alpha value is -2.68. The van der Waals surface area contributed by atoms with E-state index in [9.17, 15) is 23.5 Å². The quantitative estimate of drug-likeness (QED) is 0.594. The summed E-state index contributed by atoms with van der Waals surface area (Å²) >= 11 is 6.04. The summed E-state index contributed by atoms with van der Waals surface area (Å²) < 4.78 is 34.5. The number of furan rings is 1. The molecular weight excluding hydrogens is 408 g/mol. The number of benzene rings is 1.